The Labute approximate surface area is 182 Å². The monoisotopic (exact) mass is 423 g/mol. The van der Waals surface area contributed by atoms with Crippen molar-refractivity contribution in [3.8, 4) is 11.5 Å². The molecule has 1 aromatic heterocycles. The lowest BCUT2D eigenvalue weighted by molar-refractivity contribution is 0.301. The second kappa shape index (κ2) is 9.83. The lowest BCUT2D eigenvalue weighted by Gasteiger charge is -2.22. The van der Waals surface area contributed by atoms with Crippen LogP contribution in [0.25, 0.3) is 0 Å². The highest BCUT2D eigenvalue weighted by Crippen LogP contribution is 2.33. The van der Waals surface area contributed by atoms with Crippen molar-refractivity contribution < 1.29 is 9.47 Å². The standard InChI is InChI=1S/C24H26ClN3O2/c1-29-24-9-8-19(25)14-23(24)28-12-10-20(16-28)27-15-18-5-4-7-22(13-18)30-17-21-6-2-3-11-26-21/h2-9,11,13-14,20,27H,10,12,15-17H2,1H3. The van der Waals surface area contributed by atoms with Gasteiger partial charge in [0, 0.05) is 36.9 Å². The van der Waals surface area contributed by atoms with Crippen molar-refractivity contribution in [2.45, 2.75) is 25.6 Å². The molecule has 0 saturated carbocycles. The molecule has 156 valence electrons. The average Bonchev–Trinajstić information content (AvgIpc) is 3.26. The minimum absolute atomic E-state index is 0.409. The predicted molar refractivity (Wildman–Crippen MR) is 120 cm³/mol. The number of nitrogens with one attached hydrogen (secondary N) is 1. The summed E-state index contributed by atoms with van der Waals surface area (Å²) in [5, 5.41) is 4.39. The normalized spacial score (nSPS) is 15.9. The van der Waals surface area contributed by atoms with Gasteiger partial charge >= 0.3 is 0 Å². The number of hydrogen-bond acceptors (Lipinski definition) is 5. The summed E-state index contributed by atoms with van der Waals surface area (Å²) in [6.07, 6.45) is 2.86. The Hall–Kier alpha value is -2.76. The molecule has 4 rings (SSSR count). The fourth-order valence-electron chi connectivity index (χ4n) is 3.70. The molecular formula is C24H26ClN3O2. The molecule has 0 aliphatic carbocycles. The summed E-state index contributed by atoms with van der Waals surface area (Å²) in [6.45, 7) is 3.16. The van der Waals surface area contributed by atoms with E-state index in [9.17, 15) is 0 Å². The highest BCUT2D eigenvalue weighted by atomic mass is 35.5. The van der Waals surface area contributed by atoms with Crippen molar-refractivity contribution in [2.24, 2.45) is 0 Å². The summed E-state index contributed by atoms with van der Waals surface area (Å²) >= 11 is 6.20. The zero-order valence-corrected chi connectivity index (χ0v) is 17.8. The molecule has 30 heavy (non-hydrogen) atoms. The summed E-state index contributed by atoms with van der Waals surface area (Å²) < 4.78 is 11.4. The van der Waals surface area contributed by atoms with Gasteiger partial charge in [-0.1, -0.05) is 29.8 Å². The van der Waals surface area contributed by atoms with Crippen molar-refractivity contribution in [2.75, 3.05) is 25.1 Å². The van der Waals surface area contributed by atoms with Gasteiger partial charge in [-0.05, 0) is 54.4 Å². The number of methoxy groups -OCH3 is 1. The maximum absolute atomic E-state index is 6.20. The van der Waals surface area contributed by atoms with Crippen LogP contribution in [0.15, 0.2) is 66.9 Å². The van der Waals surface area contributed by atoms with Crippen LogP contribution in [0.1, 0.15) is 17.7 Å². The van der Waals surface area contributed by atoms with Crippen LogP contribution in [0.2, 0.25) is 5.02 Å². The predicted octanol–water partition coefficient (Wildman–Crippen LogP) is 4.69. The third kappa shape index (κ3) is 5.23. The first kappa shape index (κ1) is 20.5. The molecule has 3 aromatic rings. The molecule has 0 amide bonds. The topological polar surface area (TPSA) is 46.6 Å². The number of hydrogen-bond donors (Lipinski definition) is 1. The zero-order valence-electron chi connectivity index (χ0n) is 17.1. The molecular weight excluding hydrogens is 398 g/mol. The Morgan fingerprint density at radius 3 is 2.90 bits per heavy atom. The Bertz CT molecular complexity index is 968. The van der Waals surface area contributed by atoms with Crippen molar-refractivity contribution in [1.82, 2.24) is 10.3 Å². The third-order valence-electron chi connectivity index (χ3n) is 5.28. The molecule has 1 atom stereocenters. The van der Waals surface area contributed by atoms with E-state index in [1.807, 2.05) is 48.5 Å². The van der Waals surface area contributed by atoms with E-state index in [1.54, 1.807) is 13.3 Å². The molecule has 2 aromatic carbocycles. The van der Waals surface area contributed by atoms with Crippen LogP contribution >= 0.6 is 11.6 Å². The maximum Gasteiger partial charge on any atom is 0.142 e. The SMILES string of the molecule is COc1ccc(Cl)cc1N1CCC(NCc2cccc(OCc3ccccn3)c2)C1. The summed E-state index contributed by atoms with van der Waals surface area (Å²) in [5.41, 5.74) is 3.18. The molecule has 1 aliphatic heterocycles. The number of nitrogens with zero attached hydrogens (tertiary/aromatic N) is 2. The molecule has 1 N–H and O–H groups in total. The quantitative estimate of drug-likeness (QED) is 0.569. The first-order valence-electron chi connectivity index (χ1n) is 10.1. The number of anilines is 1. The molecule has 1 aliphatic rings. The molecule has 1 unspecified atom stereocenters. The molecule has 0 bridgehead atoms. The van der Waals surface area contributed by atoms with Gasteiger partial charge in [-0.25, -0.2) is 0 Å². The van der Waals surface area contributed by atoms with Crippen LogP contribution in [0.3, 0.4) is 0 Å². The lowest BCUT2D eigenvalue weighted by Crippen LogP contribution is -2.32. The van der Waals surface area contributed by atoms with Crippen LogP contribution in [0.4, 0.5) is 5.69 Å². The van der Waals surface area contributed by atoms with Gasteiger partial charge in [0.2, 0.25) is 0 Å². The minimum atomic E-state index is 0.409. The van der Waals surface area contributed by atoms with Gasteiger partial charge in [-0.2, -0.15) is 0 Å². The van der Waals surface area contributed by atoms with Crippen molar-refractivity contribution in [3.05, 3.63) is 83.1 Å². The molecule has 5 nitrogen and oxygen atoms in total. The second-order valence-corrected chi connectivity index (χ2v) is 7.82. The van der Waals surface area contributed by atoms with Gasteiger partial charge in [-0.15, -0.1) is 0 Å². The van der Waals surface area contributed by atoms with Gasteiger partial charge in [0.15, 0.2) is 0 Å². The van der Waals surface area contributed by atoms with E-state index in [2.05, 4.69) is 27.3 Å². The first-order valence-corrected chi connectivity index (χ1v) is 10.5. The number of aromatic nitrogens is 1. The van der Waals surface area contributed by atoms with Gasteiger partial charge < -0.3 is 19.7 Å². The third-order valence-corrected chi connectivity index (χ3v) is 5.51. The van der Waals surface area contributed by atoms with E-state index in [0.29, 0.717) is 12.6 Å². The largest absolute Gasteiger partial charge is 0.495 e. The fraction of sp³-hybridized carbons (Fsp3) is 0.292. The molecule has 1 saturated heterocycles. The number of rotatable bonds is 8. The number of ether oxygens (including phenoxy) is 2. The highest BCUT2D eigenvalue weighted by Gasteiger charge is 2.24. The Balaban J connectivity index is 1.31. The summed E-state index contributed by atoms with van der Waals surface area (Å²) in [7, 11) is 1.70. The summed E-state index contributed by atoms with van der Waals surface area (Å²) in [4.78, 5) is 6.62. The van der Waals surface area contributed by atoms with Crippen molar-refractivity contribution in [3.63, 3.8) is 0 Å². The van der Waals surface area contributed by atoms with Gasteiger partial charge in [0.25, 0.3) is 0 Å². The Morgan fingerprint density at radius 1 is 1.13 bits per heavy atom. The van der Waals surface area contributed by atoms with Crippen molar-refractivity contribution >= 4 is 17.3 Å². The lowest BCUT2D eigenvalue weighted by atomic mass is 10.2. The summed E-state index contributed by atoms with van der Waals surface area (Å²) in [6, 6.07) is 20.2. The minimum Gasteiger partial charge on any atom is -0.495 e. The van der Waals surface area contributed by atoms with E-state index < -0.39 is 0 Å². The Morgan fingerprint density at radius 2 is 2.07 bits per heavy atom. The number of pyridine rings is 1. The highest BCUT2D eigenvalue weighted by molar-refractivity contribution is 6.30. The fourth-order valence-corrected chi connectivity index (χ4v) is 3.87. The van der Waals surface area contributed by atoms with Crippen LogP contribution < -0.4 is 19.7 Å². The smallest absolute Gasteiger partial charge is 0.142 e. The van der Waals surface area contributed by atoms with E-state index in [4.69, 9.17) is 21.1 Å². The van der Waals surface area contributed by atoms with Crippen LogP contribution in [0, 0.1) is 0 Å². The van der Waals surface area contributed by atoms with Gasteiger partial charge in [0.05, 0.1) is 18.5 Å². The molecule has 2 heterocycles. The number of halogens is 1. The van der Waals surface area contributed by atoms with E-state index in [0.717, 1.165) is 54.0 Å². The molecule has 0 radical (unpaired) electrons. The summed E-state index contributed by atoms with van der Waals surface area (Å²) in [5.74, 6) is 1.72. The van der Waals surface area contributed by atoms with Gasteiger partial charge in [-0.3, -0.25) is 4.98 Å². The van der Waals surface area contributed by atoms with E-state index in [1.165, 1.54) is 5.56 Å². The Kier molecular flexibility index (Phi) is 6.72. The first-order chi connectivity index (χ1) is 14.7. The molecule has 6 heteroatoms. The van der Waals surface area contributed by atoms with Crippen molar-refractivity contribution in [1.29, 1.82) is 0 Å². The average molecular weight is 424 g/mol. The van der Waals surface area contributed by atoms with E-state index >= 15 is 0 Å². The molecule has 0 spiro atoms. The second-order valence-electron chi connectivity index (χ2n) is 7.39. The maximum atomic E-state index is 6.20. The molecule has 1 fully saturated rings. The van der Waals surface area contributed by atoms with Gasteiger partial charge in [0.1, 0.15) is 18.1 Å². The van der Waals surface area contributed by atoms with E-state index in [-0.39, 0.29) is 0 Å². The van der Waals surface area contributed by atoms with Crippen LogP contribution in [-0.2, 0) is 13.2 Å². The van der Waals surface area contributed by atoms with Crippen LogP contribution in [-0.4, -0.2) is 31.2 Å². The van der Waals surface area contributed by atoms with Crippen LogP contribution in [0.5, 0.6) is 11.5 Å². The number of benzene rings is 2. The zero-order chi connectivity index (χ0) is 20.8.